The summed E-state index contributed by atoms with van der Waals surface area (Å²) in [4.78, 5) is 16.6. The first-order valence-corrected chi connectivity index (χ1v) is 6.28. The van der Waals surface area contributed by atoms with Crippen LogP contribution in [0, 0.1) is 0 Å². The molecule has 0 radical (unpaired) electrons. The molecule has 0 unspecified atom stereocenters. The van der Waals surface area contributed by atoms with Crippen molar-refractivity contribution in [2.45, 2.75) is 18.8 Å². The maximum atomic E-state index is 12.0. The molecule has 0 saturated heterocycles. The molecule has 0 atom stereocenters. The molecular weight excluding hydrogens is 242 g/mol. The average molecular weight is 257 g/mol. The standard InChI is InChI=1S/C14H15N3O2/c1-19-16-14(18)12-9-15-17(13(12)10-7-8-10)11-5-3-2-4-6-11/h2-6,9-10H,7-8H2,1H3,(H,16,18). The van der Waals surface area contributed by atoms with Gasteiger partial charge in [0.1, 0.15) is 0 Å². The summed E-state index contributed by atoms with van der Waals surface area (Å²) in [6.45, 7) is 0. The predicted octanol–water partition coefficient (Wildman–Crippen LogP) is 2.04. The molecule has 2 aromatic rings. The van der Waals surface area contributed by atoms with Crippen LogP contribution in [-0.4, -0.2) is 22.8 Å². The Balaban J connectivity index is 2.04. The minimum Gasteiger partial charge on any atom is -0.277 e. The van der Waals surface area contributed by atoms with Crippen LogP contribution in [-0.2, 0) is 4.84 Å². The summed E-state index contributed by atoms with van der Waals surface area (Å²) in [6.07, 6.45) is 3.81. The summed E-state index contributed by atoms with van der Waals surface area (Å²) < 4.78 is 1.85. The van der Waals surface area contributed by atoms with Gasteiger partial charge in [-0.05, 0) is 25.0 Å². The summed E-state index contributed by atoms with van der Waals surface area (Å²) in [5.74, 6) is 0.173. The fraction of sp³-hybridized carbons (Fsp3) is 0.286. The molecule has 3 rings (SSSR count). The van der Waals surface area contributed by atoms with E-state index in [0.717, 1.165) is 24.2 Å². The first kappa shape index (κ1) is 11.9. The van der Waals surface area contributed by atoms with E-state index in [2.05, 4.69) is 10.6 Å². The van der Waals surface area contributed by atoms with Gasteiger partial charge in [0.05, 0.1) is 30.3 Å². The van der Waals surface area contributed by atoms with Crippen LogP contribution in [0.3, 0.4) is 0 Å². The van der Waals surface area contributed by atoms with E-state index in [-0.39, 0.29) is 5.91 Å². The molecule has 5 heteroatoms. The molecule has 1 aliphatic carbocycles. The number of amides is 1. The van der Waals surface area contributed by atoms with E-state index in [0.29, 0.717) is 11.5 Å². The second-order valence-corrected chi connectivity index (χ2v) is 4.60. The SMILES string of the molecule is CONC(=O)c1cnn(-c2ccccc2)c1C1CC1. The Hall–Kier alpha value is -2.14. The molecule has 98 valence electrons. The van der Waals surface area contributed by atoms with Crippen LogP contribution in [0.5, 0.6) is 0 Å². The molecule has 1 aromatic carbocycles. The minimum absolute atomic E-state index is 0.244. The zero-order valence-corrected chi connectivity index (χ0v) is 10.7. The van der Waals surface area contributed by atoms with E-state index in [9.17, 15) is 4.79 Å². The summed E-state index contributed by atoms with van der Waals surface area (Å²) in [7, 11) is 1.43. The lowest BCUT2D eigenvalue weighted by atomic mass is 10.1. The fourth-order valence-corrected chi connectivity index (χ4v) is 2.21. The number of hydrogen-bond donors (Lipinski definition) is 1. The van der Waals surface area contributed by atoms with Gasteiger partial charge >= 0.3 is 0 Å². The topological polar surface area (TPSA) is 56.1 Å². The van der Waals surface area contributed by atoms with Crippen molar-refractivity contribution in [1.29, 1.82) is 0 Å². The average Bonchev–Trinajstić information content (AvgIpc) is 3.18. The Morgan fingerprint density at radius 2 is 2.11 bits per heavy atom. The molecule has 1 N–H and O–H groups in total. The van der Waals surface area contributed by atoms with Gasteiger partial charge < -0.3 is 0 Å². The maximum Gasteiger partial charge on any atom is 0.278 e. The first-order valence-electron chi connectivity index (χ1n) is 6.28. The van der Waals surface area contributed by atoms with Crippen molar-refractivity contribution in [2.75, 3.05) is 7.11 Å². The van der Waals surface area contributed by atoms with Crippen LogP contribution in [0.25, 0.3) is 5.69 Å². The van der Waals surface area contributed by atoms with Gasteiger partial charge in [0, 0.05) is 5.92 Å². The Bertz CT molecular complexity index is 588. The normalized spacial score (nSPS) is 14.4. The van der Waals surface area contributed by atoms with Crippen molar-refractivity contribution in [2.24, 2.45) is 0 Å². The fourth-order valence-electron chi connectivity index (χ4n) is 2.21. The first-order chi connectivity index (χ1) is 9.31. The molecule has 0 spiro atoms. The number of nitrogens with one attached hydrogen (secondary N) is 1. The van der Waals surface area contributed by atoms with Crippen LogP contribution in [0.4, 0.5) is 0 Å². The highest BCUT2D eigenvalue weighted by molar-refractivity contribution is 5.94. The van der Waals surface area contributed by atoms with E-state index < -0.39 is 0 Å². The zero-order chi connectivity index (χ0) is 13.2. The van der Waals surface area contributed by atoms with Gasteiger partial charge in [0.15, 0.2) is 0 Å². The second-order valence-electron chi connectivity index (χ2n) is 4.60. The van der Waals surface area contributed by atoms with Gasteiger partial charge in [-0.2, -0.15) is 5.10 Å². The van der Waals surface area contributed by atoms with E-state index >= 15 is 0 Å². The van der Waals surface area contributed by atoms with Gasteiger partial charge in [-0.1, -0.05) is 18.2 Å². The van der Waals surface area contributed by atoms with E-state index in [1.54, 1.807) is 6.20 Å². The number of carbonyl (C=O) groups is 1. The number of carbonyl (C=O) groups excluding carboxylic acids is 1. The number of rotatable bonds is 4. The lowest BCUT2D eigenvalue weighted by molar-refractivity contribution is 0.0536. The molecule has 1 saturated carbocycles. The highest BCUT2D eigenvalue weighted by Crippen LogP contribution is 2.42. The van der Waals surface area contributed by atoms with Gasteiger partial charge in [-0.15, -0.1) is 0 Å². The molecule has 1 fully saturated rings. The lowest BCUT2D eigenvalue weighted by Crippen LogP contribution is -2.22. The maximum absolute atomic E-state index is 12.0. The van der Waals surface area contributed by atoms with Crippen LogP contribution in [0.1, 0.15) is 34.8 Å². The van der Waals surface area contributed by atoms with Crippen molar-refractivity contribution in [3.8, 4) is 5.69 Å². The summed E-state index contributed by atoms with van der Waals surface area (Å²) in [6, 6.07) is 9.85. The molecule has 0 bridgehead atoms. The molecular formula is C14H15N3O2. The summed E-state index contributed by atoms with van der Waals surface area (Å²) in [5.41, 5.74) is 4.89. The van der Waals surface area contributed by atoms with Crippen molar-refractivity contribution >= 4 is 5.91 Å². The number of aromatic nitrogens is 2. The van der Waals surface area contributed by atoms with Gasteiger partial charge in [0.2, 0.25) is 0 Å². The molecule has 0 aliphatic heterocycles. The van der Waals surface area contributed by atoms with Crippen molar-refractivity contribution in [3.05, 3.63) is 47.8 Å². The van der Waals surface area contributed by atoms with Crippen LogP contribution in [0.15, 0.2) is 36.5 Å². The number of hydroxylamine groups is 1. The van der Waals surface area contributed by atoms with Crippen molar-refractivity contribution in [3.63, 3.8) is 0 Å². The second kappa shape index (κ2) is 4.85. The number of hydrogen-bond acceptors (Lipinski definition) is 3. The van der Waals surface area contributed by atoms with Crippen LogP contribution >= 0.6 is 0 Å². The number of benzene rings is 1. The Morgan fingerprint density at radius 1 is 1.37 bits per heavy atom. The largest absolute Gasteiger partial charge is 0.278 e. The zero-order valence-electron chi connectivity index (χ0n) is 10.7. The van der Waals surface area contributed by atoms with Crippen LogP contribution in [0.2, 0.25) is 0 Å². The monoisotopic (exact) mass is 257 g/mol. The van der Waals surface area contributed by atoms with Crippen molar-refractivity contribution in [1.82, 2.24) is 15.3 Å². The highest BCUT2D eigenvalue weighted by Gasteiger charge is 2.32. The molecule has 1 aliphatic rings. The minimum atomic E-state index is -0.244. The molecule has 5 nitrogen and oxygen atoms in total. The number of para-hydroxylation sites is 1. The molecule has 1 amide bonds. The van der Waals surface area contributed by atoms with E-state index in [4.69, 9.17) is 4.84 Å². The molecule has 1 heterocycles. The molecule has 19 heavy (non-hydrogen) atoms. The highest BCUT2D eigenvalue weighted by atomic mass is 16.6. The van der Waals surface area contributed by atoms with Crippen LogP contribution < -0.4 is 5.48 Å². The van der Waals surface area contributed by atoms with Gasteiger partial charge in [-0.25, -0.2) is 10.2 Å². The van der Waals surface area contributed by atoms with Gasteiger partial charge in [-0.3, -0.25) is 9.63 Å². The predicted molar refractivity (Wildman–Crippen MR) is 70.0 cm³/mol. The van der Waals surface area contributed by atoms with Crippen molar-refractivity contribution < 1.29 is 9.63 Å². The Morgan fingerprint density at radius 3 is 2.74 bits per heavy atom. The van der Waals surface area contributed by atoms with Gasteiger partial charge in [0.25, 0.3) is 5.91 Å². The Kier molecular flexibility index (Phi) is 3.05. The van der Waals surface area contributed by atoms with E-state index in [1.807, 2.05) is 35.0 Å². The third kappa shape index (κ3) is 2.24. The molecule has 1 aromatic heterocycles. The number of nitrogens with zero attached hydrogens (tertiary/aromatic N) is 2. The Labute approximate surface area is 111 Å². The summed E-state index contributed by atoms with van der Waals surface area (Å²) in [5, 5.41) is 4.35. The quantitative estimate of drug-likeness (QED) is 0.853. The third-order valence-corrected chi connectivity index (χ3v) is 3.21. The van der Waals surface area contributed by atoms with E-state index in [1.165, 1.54) is 7.11 Å². The summed E-state index contributed by atoms with van der Waals surface area (Å²) >= 11 is 0. The third-order valence-electron chi connectivity index (χ3n) is 3.21. The lowest BCUT2D eigenvalue weighted by Gasteiger charge is -2.08. The smallest absolute Gasteiger partial charge is 0.277 e.